The van der Waals surface area contributed by atoms with Gasteiger partial charge in [0.05, 0.1) is 10.6 Å². The van der Waals surface area contributed by atoms with Crippen molar-refractivity contribution in [2.75, 3.05) is 57.8 Å². The van der Waals surface area contributed by atoms with E-state index in [0.717, 1.165) is 56.5 Å². The Morgan fingerprint density at radius 1 is 0.647 bits per heavy atom. The molecule has 2 saturated heterocycles. The van der Waals surface area contributed by atoms with Crippen LogP contribution in [0.4, 0.5) is 11.4 Å². The van der Waals surface area contributed by atoms with Gasteiger partial charge >= 0.3 is 23.9 Å². The van der Waals surface area contributed by atoms with E-state index in [4.69, 9.17) is 49.1 Å². The lowest BCUT2D eigenvalue weighted by Crippen LogP contribution is -2.25. The second-order valence-electron chi connectivity index (χ2n) is 11.7. The Bertz CT molecular complexity index is 1720. The molecule has 3 heterocycles. The van der Waals surface area contributed by atoms with E-state index in [-0.39, 0.29) is 5.75 Å². The summed E-state index contributed by atoms with van der Waals surface area (Å²) < 4.78 is 13.1. The van der Waals surface area contributed by atoms with Crippen molar-refractivity contribution >= 4 is 56.7 Å². The van der Waals surface area contributed by atoms with Gasteiger partial charge in [-0.25, -0.2) is 19.2 Å². The molecular weight excluding hydrogens is 682 g/mol. The number of hydrogen-bond acceptors (Lipinski definition) is 11. The number of fused-ring (bicyclic) bond motifs is 1. The van der Waals surface area contributed by atoms with Gasteiger partial charge in [0.15, 0.2) is 0 Å². The van der Waals surface area contributed by atoms with E-state index in [2.05, 4.69) is 51.5 Å². The third-order valence-corrected chi connectivity index (χ3v) is 9.23. The Kier molecular flexibility index (Phi) is 14.4. The highest BCUT2D eigenvalue weighted by Crippen LogP contribution is 2.45. The zero-order valence-electron chi connectivity index (χ0n) is 27.8. The lowest BCUT2D eigenvalue weighted by molar-refractivity contribution is -0.159. The van der Waals surface area contributed by atoms with E-state index in [1.807, 2.05) is 24.3 Å². The van der Waals surface area contributed by atoms with Gasteiger partial charge < -0.3 is 40.3 Å². The van der Waals surface area contributed by atoms with Crippen LogP contribution in [0.1, 0.15) is 25.7 Å². The molecule has 0 aliphatic carbocycles. The SMILES string of the molecule is O=C(O)C(=O)O.O=C(O)C(=O)O.Oc1ccc2c(Nc3ccc(OCCN4CCCC4)cc3)c(-c3ccc(OCCN4CCCC4)cc3)sc2c1. The Labute approximate surface area is 298 Å². The molecule has 14 nitrogen and oxygen atoms in total. The van der Waals surface area contributed by atoms with Crippen LogP contribution in [0, 0.1) is 0 Å². The zero-order chi connectivity index (χ0) is 36.8. The third-order valence-electron chi connectivity index (χ3n) is 8.03. The van der Waals surface area contributed by atoms with Crippen LogP contribution in [-0.2, 0) is 19.2 Å². The number of ether oxygens (including phenoxy) is 2. The third kappa shape index (κ3) is 12.2. The van der Waals surface area contributed by atoms with Gasteiger partial charge in [-0.2, -0.15) is 0 Å². The average molecular weight is 724 g/mol. The van der Waals surface area contributed by atoms with Crippen molar-refractivity contribution in [2.45, 2.75) is 25.7 Å². The number of benzene rings is 3. The van der Waals surface area contributed by atoms with Crippen LogP contribution in [0.15, 0.2) is 66.7 Å². The number of thiophene rings is 1. The fourth-order valence-corrected chi connectivity index (χ4v) is 6.69. The van der Waals surface area contributed by atoms with Gasteiger partial charge in [-0.05, 0) is 124 Å². The van der Waals surface area contributed by atoms with Gasteiger partial charge in [-0.15, -0.1) is 11.3 Å². The number of carbonyl (C=O) groups is 4. The number of likely N-dealkylation sites (tertiary alicyclic amines) is 2. The highest BCUT2D eigenvalue weighted by atomic mass is 32.1. The number of phenolic OH excluding ortho intramolecular Hbond substituents is 1. The van der Waals surface area contributed by atoms with E-state index in [1.165, 1.54) is 51.9 Å². The van der Waals surface area contributed by atoms with Crippen molar-refractivity contribution in [3.63, 3.8) is 0 Å². The molecule has 0 radical (unpaired) electrons. The summed E-state index contributed by atoms with van der Waals surface area (Å²) in [4.78, 5) is 42.5. The highest BCUT2D eigenvalue weighted by molar-refractivity contribution is 7.23. The van der Waals surface area contributed by atoms with Crippen LogP contribution in [0.25, 0.3) is 20.5 Å². The van der Waals surface area contributed by atoms with Gasteiger partial charge in [0.2, 0.25) is 0 Å². The molecule has 2 aliphatic rings. The summed E-state index contributed by atoms with van der Waals surface area (Å²) in [6.07, 6.45) is 5.20. The highest BCUT2D eigenvalue weighted by Gasteiger charge is 2.16. The summed E-state index contributed by atoms with van der Waals surface area (Å²) in [6, 6.07) is 22.1. The van der Waals surface area contributed by atoms with Crippen LogP contribution in [-0.4, -0.2) is 112 Å². The van der Waals surface area contributed by atoms with Crippen LogP contribution >= 0.6 is 11.3 Å². The lowest BCUT2D eigenvalue weighted by atomic mass is 10.1. The standard InChI is InChI=1S/C32H37N3O3S.2C2H2O4/c36-26-9-14-29-30(23-26)39-32(24-5-10-27(11-6-24)37-21-19-34-15-1-2-16-34)31(29)33-25-7-12-28(13-8-25)38-22-20-35-17-3-4-18-35;2*3-1(4)2(5)6/h5-14,23,33,36H,1-4,15-22H2;2*(H,3,4)(H,5,6). The number of carboxylic acid groups (broad SMARTS) is 4. The van der Waals surface area contributed by atoms with Crippen molar-refractivity contribution in [2.24, 2.45) is 0 Å². The molecule has 0 atom stereocenters. The maximum Gasteiger partial charge on any atom is 0.414 e. The summed E-state index contributed by atoms with van der Waals surface area (Å²) >= 11 is 1.68. The summed E-state index contributed by atoms with van der Waals surface area (Å²) in [7, 11) is 0. The predicted molar refractivity (Wildman–Crippen MR) is 192 cm³/mol. The average Bonchev–Trinajstić information content (AvgIpc) is 3.89. The molecule has 4 aromatic rings. The molecule has 6 N–H and O–H groups in total. The van der Waals surface area contributed by atoms with Gasteiger partial charge in [-0.3, -0.25) is 9.80 Å². The van der Waals surface area contributed by atoms with Gasteiger partial charge in [0.25, 0.3) is 0 Å². The first-order chi connectivity index (χ1) is 24.5. The van der Waals surface area contributed by atoms with Crippen LogP contribution < -0.4 is 14.8 Å². The molecule has 2 fully saturated rings. The molecule has 0 unspecified atom stereocenters. The quantitative estimate of drug-likeness (QED) is 0.109. The number of aromatic hydroxyl groups is 1. The van der Waals surface area contributed by atoms with Crippen molar-refractivity contribution in [1.29, 1.82) is 0 Å². The van der Waals surface area contributed by atoms with Crippen molar-refractivity contribution in [1.82, 2.24) is 9.80 Å². The Morgan fingerprint density at radius 3 is 1.55 bits per heavy atom. The maximum atomic E-state index is 10.1. The van der Waals surface area contributed by atoms with E-state index in [1.54, 1.807) is 17.4 Å². The topological polar surface area (TPSA) is 206 Å². The molecule has 3 aromatic carbocycles. The molecule has 0 amide bonds. The normalized spacial score (nSPS) is 14.1. The van der Waals surface area contributed by atoms with E-state index in [9.17, 15) is 5.11 Å². The molecule has 0 spiro atoms. The molecular formula is C36H41N3O11S. The van der Waals surface area contributed by atoms with Crippen LogP contribution in [0.3, 0.4) is 0 Å². The second-order valence-corrected chi connectivity index (χ2v) is 12.7. The minimum absolute atomic E-state index is 0.277. The summed E-state index contributed by atoms with van der Waals surface area (Å²) in [5.74, 6) is -5.24. The molecule has 51 heavy (non-hydrogen) atoms. The molecule has 6 rings (SSSR count). The fraction of sp³-hybridized carbons (Fsp3) is 0.333. The van der Waals surface area contributed by atoms with Crippen LogP contribution in [0.5, 0.6) is 17.2 Å². The Morgan fingerprint density at radius 2 is 1.10 bits per heavy atom. The van der Waals surface area contributed by atoms with Crippen molar-refractivity contribution in [3.8, 4) is 27.7 Å². The Balaban J connectivity index is 0.000000420. The molecule has 272 valence electrons. The largest absolute Gasteiger partial charge is 0.508 e. The van der Waals surface area contributed by atoms with Crippen molar-refractivity contribution in [3.05, 3.63) is 66.7 Å². The monoisotopic (exact) mass is 723 g/mol. The molecule has 0 bridgehead atoms. The number of phenols is 1. The molecule has 2 aliphatic heterocycles. The van der Waals surface area contributed by atoms with Gasteiger partial charge in [-0.1, -0.05) is 0 Å². The maximum absolute atomic E-state index is 10.1. The number of carboxylic acids is 4. The number of anilines is 2. The molecule has 1 aromatic heterocycles. The number of rotatable bonds is 11. The van der Waals surface area contributed by atoms with E-state index < -0.39 is 23.9 Å². The molecule has 0 saturated carbocycles. The van der Waals surface area contributed by atoms with Gasteiger partial charge in [0, 0.05) is 28.9 Å². The zero-order valence-corrected chi connectivity index (χ0v) is 28.6. The number of nitrogens with one attached hydrogen (secondary N) is 1. The minimum Gasteiger partial charge on any atom is -0.508 e. The minimum atomic E-state index is -1.82. The first-order valence-electron chi connectivity index (χ1n) is 16.4. The number of nitrogens with zero attached hydrogens (tertiary/aromatic N) is 2. The fourth-order valence-electron chi connectivity index (χ4n) is 5.49. The van der Waals surface area contributed by atoms with Gasteiger partial charge in [0.1, 0.15) is 30.5 Å². The van der Waals surface area contributed by atoms with Crippen LogP contribution in [0.2, 0.25) is 0 Å². The second kappa shape index (κ2) is 19.1. The van der Waals surface area contributed by atoms with E-state index >= 15 is 0 Å². The first-order valence-corrected chi connectivity index (χ1v) is 17.2. The predicted octanol–water partition coefficient (Wildman–Crippen LogP) is 5.28. The Hall–Kier alpha value is -5.38. The molecule has 15 heteroatoms. The number of hydrogen-bond donors (Lipinski definition) is 6. The summed E-state index contributed by atoms with van der Waals surface area (Å²) in [6.45, 7) is 8.16. The van der Waals surface area contributed by atoms with E-state index in [0.29, 0.717) is 13.2 Å². The summed E-state index contributed by atoms with van der Waals surface area (Å²) in [5.41, 5.74) is 3.16. The lowest BCUT2D eigenvalue weighted by Gasteiger charge is -2.15. The first kappa shape index (κ1) is 38.4. The number of aliphatic carboxylic acids is 4. The summed E-state index contributed by atoms with van der Waals surface area (Å²) in [5, 5.41) is 44.4. The smallest absolute Gasteiger partial charge is 0.414 e. The van der Waals surface area contributed by atoms with Crippen molar-refractivity contribution < 1.29 is 54.2 Å².